The van der Waals surface area contributed by atoms with Crippen LogP contribution in [0.4, 0.5) is 4.79 Å². The molecule has 0 aliphatic heterocycles. The molecule has 17 heavy (non-hydrogen) atoms. The topological polar surface area (TPSA) is 83.8 Å². The zero-order chi connectivity index (χ0) is 12.5. The van der Waals surface area contributed by atoms with Crippen molar-refractivity contribution in [2.24, 2.45) is 5.73 Å². The molecule has 1 aromatic rings. The molecule has 96 valence electrons. The van der Waals surface area contributed by atoms with Crippen LogP contribution in [0.3, 0.4) is 0 Å². The Kier molecular flexibility index (Phi) is 6.14. The molecule has 0 aliphatic carbocycles. The van der Waals surface area contributed by atoms with Crippen LogP contribution < -0.4 is 11.1 Å². The van der Waals surface area contributed by atoms with Crippen molar-refractivity contribution < 1.29 is 4.79 Å². The Morgan fingerprint density at radius 2 is 2.24 bits per heavy atom. The maximum absolute atomic E-state index is 10.5. The quantitative estimate of drug-likeness (QED) is 0.603. The molecule has 5 nitrogen and oxygen atoms in total. The van der Waals surface area contributed by atoms with Crippen molar-refractivity contribution in [2.75, 3.05) is 6.54 Å². The van der Waals surface area contributed by atoms with E-state index < -0.39 is 6.03 Å². The molecule has 0 aliphatic rings. The van der Waals surface area contributed by atoms with Crippen LogP contribution in [-0.4, -0.2) is 22.5 Å². The summed E-state index contributed by atoms with van der Waals surface area (Å²) >= 11 is 0. The van der Waals surface area contributed by atoms with Gasteiger partial charge in [0.2, 0.25) is 0 Å². The Balaban J connectivity index is 2.20. The average Bonchev–Trinajstić information content (AvgIpc) is 2.72. The van der Waals surface area contributed by atoms with E-state index in [9.17, 15) is 4.79 Å². The minimum atomic E-state index is -0.489. The third kappa shape index (κ3) is 5.94. The van der Waals surface area contributed by atoms with Gasteiger partial charge in [-0.15, -0.1) is 0 Å². The normalized spacial score (nSPS) is 10.4. The molecule has 2 amide bonds. The molecule has 4 N–H and O–H groups in total. The summed E-state index contributed by atoms with van der Waals surface area (Å²) in [6.07, 6.45) is 8.65. The van der Waals surface area contributed by atoms with Gasteiger partial charge in [-0.1, -0.05) is 26.2 Å². The van der Waals surface area contributed by atoms with Gasteiger partial charge >= 0.3 is 6.03 Å². The first kappa shape index (κ1) is 13.5. The smallest absolute Gasteiger partial charge is 0.312 e. The Labute approximate surface area is 102 Å². The fourth-order valence-corrected chi connectivity index (χ4v) is 1.71. The highest BCUT2D eigenvalue weighted by molar-refractivity contribution is 5.71. The van der Waals surface area contributed by atoms with E-state index >= 15 is 0 Å². The number of hydrogen-bond acceptors (Lipinski definition) is 2. The van der Waals surface area contributed by atoms with Gasteiger partial charge in [0.25, 0.3) is 0 Å². The fraction of sp³-hybridized carbons (Fsp3) is 0.667. The number of imidazole rings is 1. The standard InChI is InChI=1S/C12H22N4O/c1-2-3-4-5-6-10-9-15-11(16-10)7-8-14-12(13)17/h9H,2-8H2,1H3,(H,15,16)(H3,13,14,17). The molecule has 0 bridgehead atoms. The van der Waals surface area contributed by atoms with Crippen LogP contribution in [0.1, 0.15) is 44.1 Å². The summed E-state index contributed by atoms with van der Waals surface area (Å²) in [6.45, 7) is 2.73. The maximum Gasteiger partial charge on any atom is 0.312 e. The van der Waals surface area contributed by atoms with E-state index in [1.807, 2.05) is 6.20 Å². The lowest BCUT2D eigenvalue weighted by Crippen LogP contribution is -2.31. The molecule has 0 saturated carbocycles. The Hall–Kier alpha value is -1.52. The van der Waals surface area contributed by atoms with Crippen LogP contribution in [-0.2, 0) is 12.8 Å². The van der Waals surface area contributed by atoms with E-state index in [0.29, 0.717) is 13.0 Å². The van der Waals surface area contributed by atoms with Gasteiger partial charge in [0.1, 0.15) is 5.82 Å². The number of amides is 2. The van der Waals surface area contributed by atoms with Gasteiger partial charge in [0.05, 0.1) is 0 Å². The van der Waals surface area contributed by atoms with Gasteiger partial charge in [-0.3, -0.25) is 0 Å². The Morgan fingerprint density at radius 1 is 1.41 bits per heavy atom. The number of nitrogens with one attached hydrogen (secondary N) is 2. The molecule has 0 atom stereocenters. The van der Waals surface area contributed by atoms with E-state index in [4.69, 9.17) is 5.73 Å². The predicted molar refractivity (Wildman–Crippen MR) is 67.7 cm³/mol. The molecule has 0 aromatic carbocycles. The number of nitrogens with zero attached hydrogens (tertiary/aromatic N) is 1. The first-order valence-corrected chi connectivity index (χ1v) is 6.28. The van der Waals surface area contributed by atoms with Gasteiger partial charge in [0.15, 0.2) is 0 Å². The van der Waals surface area contributed by atoms with Gasteiger partial charge in [-0.25, -0.2) is 9.78 Å². The fourth-order valence-electron chi connectivity index (χ4n) is 1.71. The highest BCUT2D eigenvalue weighted by Crippen LogP contribution is 2.06. The largest absolute Gasteiger partial charge is 0.352 e. The molecule has 0 radical (unpaired) electrons. The third-order valence-electron chi connectivity index (χ3n) is 2.64. The molecule has 1 heterocycles. The minimum absolute atomic E-state index is 0.489. The van der Waals surface area contributed by atoms with Crippen molar-refractivity contribution >= 4 is 6.03 Å². The first-order chi connectivity index (χ1) is 8.22. The van der Waals surface area contributed by atoms with Crippen molar-refractivity contribution in [3.05, 3.63) is 17.7 Å². The Bertz CT molecular complexity index is 335. The summed E-state index contributed by atoms with van der Waals surface area (Å²) in [7, 11) is 0. The second-order valence-electron chi connectivity index (χ2n) is 4.21. The number of rotatable bonds is 8. The first-order valence-electron chi connectivity index (χ1n) is 6.28. The summed E-state index contributed by atoms with van der Waals surface area (Å²) < 4.78 is 0. The van der Waals surface area contributed by atoms with Crippen LogP contribution in [0.5, 0.6) is 0 Å². The lowest BCUT2D eigenvalue weighted by molar-refractivity contribution is 0.249. The number of aromatic amines is 1. The second kappa shape index (κ2) is 7.70. The van der Waals surface area contributed by atoms with Crippen LogP contribution in [0.25, 0.3) is 0 Å². The number of urea groups is 1. The lowest BCUT2D eigenvalue weighted by Gasteiger charge is -1.99. The van der Waals surface area contributed by atoms with Gasteiger partial charge < -0.3 is 16.0 Å². The van der Waals surface area contributed by atoms with Crippen LogP contribution in [0, 0.1) is 0 Å². The predicted octanol–water partition coefficient (Wildman–Crippen LogP) is 1.74. The monoisotopic (exact) mass is 238 g/mol. The number of unbranched alkanes of at least 4 members (excludes halogenated alkanes) is 3. The number of hydrogen-bond donors (Lipinski definition) is 3. The summed E-state index contributed by atoms with van der Waals surface area (Å²) in [5.74, 6) is 0.907. The number of H-pyrrole nitrogens is 1. The van der Waals surface area contributed by atoms with E-state index in [2.05, 4.69) is 22.2 Å². The van der Waals surface area contributed by atoms with Gasteiger partial charge in [-0.2, -0.15) is 0 Å². The summed E-state index contributed by atoms with van der Waals surface area (Å²) in [6, 6.07) is -0.489. The number of aromatic nitrogens is 2. The Morgan fingerprint density at radius 3 is 2.94 bits per heavy atom. The summed E-state index contributed by atoms with van der Waals surface area (Å²) in [4.78, 5) is 18.0. The van der Waals surface area contributed by atoms with Crippen LogP contribution >= 0.6 is 0 Å². The molecular formula is C12H22N4O. The van der Waals surface area contributed by atoms with Crippen molar-refractivity contribution in [3.63, 3.8) is 0 Å². The van der Waals surface area contributed by atoms with Gasteiger partial charge in [0, 0.05) is 24.9 Å². The van der Waals surface area contributed by atoms with Crippen LogP contribution in [0.15, 0.2) is 6.20 Å². The molecule has 5 heteroatoms. The van der Waals surface area contributed by atoms with E-state index in [-0.39, 0.29) is 0 Å². The molecular weight excluding hydrogens is 216 g/mol. The van der Waals surface area contributed by atoms with E-state index in [0.717, 1.165) is 12.2 Å². The highest BCUT2D eigenvalue weighted by Gasteiger charge is 2.01. The molecule has 0 fully saturated rings. The van der Waals surface area contributed by atoms with E-state index in [1.54, 1.807) is 0 Å². The summed E-state index contributed by atoms with van der Waals surface area (Å²) in [5.41, 5.74) is 6.15. The zero-order valence-corrected chi connectivity index (χ0v) is 10.5. The lowest BCUT2D eigenvalue weighted by atomic mass is 10.1. The highest BCUT2D eigenvalue weighted by atomic mass is 16.2. The molecule has 0 unspecified atom stereocenters. The maximum atomic E-state index is 10.5. The molecule has 1 aromatic heterocycles. The average molecular weight is 238 g/mol. The number of primary amides is 1. The second-order valence-corrected chi connectivity index (χ2v) is 4.21. The van der Waals surface area contributed by atoms with Crippen molar-refractivity contribution in [2.45, 2.75) is 45.4 Å². The van der Waals surface area contributed by atoms with Crippen molar-refractivity contribution in [3.8, 4) is 0 Å². The number of aryl methyl sites for hydroxylation is 1. The van der Waals surface area contributed by atoms with Crippen LogP contribution in [0.2, 0.25) is 0 Å². The SMILES string of the molecule is CCCCCCc1cnc(CCNC(N)=O)[nH]1. The molecule has 1 rings (SSSR count). The van der Waals surface area contributed by atoms with E-state index in [1.165, 1.54) is 31.4 Å². The minimum Gasteiger partial charge on any atom is -0.352 e. The van der Waals surface area contributed by atoms with Crippen molar-refractivity contribution in [1.82, 2.24) is 15.3 Å². The molecule has 0 spiro atoms. The van der Waals surface area contributed by atoms with Gasteiger partial charge in [-0.05, 0) is 12.8 Å². The number of carbonyl (C=O) groups is 1. The number of nitrogens with two attached hydrogens (primary N) is 1. The third-order valence-corrected chi connectivity index (χ3v) is 2.64. The molecule has 0 saturated heterocycles. The number of carbonyl (C=O) groups excluding carboxylic acids is 1. The zero-order valence-electron chi connectivity index (χ0n) is 10.5. The van der Waals surface area contributed by atoms with Crippen molar-refractivity contribution in [1.29, 1.82) is 0 Å². The summed E-state index contributed by atoms with van der Waals surface area (Å²) in [5, 5.41) is 2.54.